The maximum atomic E-state index is 12.5. The summed E-state index contributed by atoms with van der Waals surface area (Å²) in [6.45, 7) is 0. The summed E-state index contributed by atoms with van der Waals surface area (Å²) in [7, 11) is 0. The minimum absolute atomic E-state index is 0.0320. The number of benzene rings is 2. The normalized spacial score (nSPS) is 11.4. The molecule has 3 aromatic rings. The van der Waals surface area contributed by atoms with Gasteiger partial charge in [-0.25, -0.2) is 9.62 Å². The van der Waals surface area contributed by atoms with Gasteiger partial charge in [0.2, 0.25) is 0 Å². The number of hydrogen-bond donors (Lipinski definition) is 2. The molecule has 0 amide bonds. The molecule has 1 heterocycles. The van der Waals surface area contributed by atoms with Gasteiger partial charge in [0.1, 0.15) is 5.69 Å². The first-order chi connectivity index (χ1) is 12.6. The molecule has 0 fully saturated rings. The highest BCUT2D eigenvalue weighted by molar-refractivity contribution is 6.34. The Labute approximate surface area is 158 Å². The number of hydroxylamine groups is 1. The molecular weight excluding hydrogens is 379 g/mol. The Morgan fingerprint density at radius 1 is 1.15 bits per heavy atom. The summed E-state index contributed by atoms with van der Waals surface area (Å²) in [5, 5.41) is 17.7. The number of carbonyl (C=O) groups excluding carboxylic acids is 1. The zero-order valence-electron chi connectivity index (χ0n) is 13.2. The predicted octanol–water partition coefficient (Wildman–Crippen LogP) is 3.86. The Morgan fingerprint density at radius 3 is 2.69 bits per heavy atom. The summed E-state index contributed by atoms with van der Waals surface area (Å²) in [4.78, 5) is 16.7. The Balaban J connectivity index is 1.89. The van der Waals surface area contributed by atoms with E-state index in [0.29, 0.717) is 21.3 Å². The van der Waals surface area contributed by atoms with Crippen molar-refractivity contribution in [1.82, 2.24) is 15.8 Å². The van der Waals surface area contributed by atoms with Crippen LogP contribution in [0.1, 0.15) is 21.7 Å². The first-order valence-corrected chi connectivity index (χ1v) is 8.18. The van der Waals surface area contributed by atoms with Crippen LogP contribution in [0.15, 0.2) is 58.2 Å². The van der Waals surface area contributed by atoms with Gasteiger partial charge in [0.15, 0.2) is 17.3 Å². The van der Waals surface area contributed by atoms with Gasteiger partial charge in [0.05, 0.1) is 17.1 Å². The number of hydrogen-bond acceptors (Lipinski definition) is 6. The second kappa shape index (κ2) is 8.09. The smallest absolute Gasteiger partial charge is 0.182 e. The van der Waals surface area contributed by atoms with E-state index in [-0.39, 0.29) is 29.4 Å². The quantitative estimate of drug-likeness (QED) is 0.297. The van der Waals surface area contributed by atoms with Crippen molar-refractivity contribution >= 4 is 40.5 Å². The van der Waals surface area contributed by atoms with Gasteiger partial charge >= 0.3 is 0 Å². The molecule has 0 aliphatic carbocycles. The van der Waals surface area contributed by atoms with Crippen LogP contribution >= 0.6 is 23.2 Å². The topological polar surface area (TPSA) is 101 Å². The number of carbonyl (C=O) groups is 1. The van der Waals surface area contributed by atoms with E-state index in [0.717, 1.165) is 0 Å². The molecule has 0 saturated carbocycles. The van der Waals surface area contributed by atoms with Gasteiger partial charge < -0.3 is 0 Å². The molecule has 0 aliphatic heterocycles. The van der Waals surface area contributed by atoms with Crippen LogP contribution in [0.25, 0.3) is 0 Å². The zero-order chi connectivity index (χ0) is 18.5. The highest BCUT2D eigenvalue weighted by Crippen LogP contribution is 2.20. The molecule has 2 aromatic carbocycles. The lowest BCUT2D eigenvalue weighted by Gasteiger charge is -2.04. The van der Waals surface area contributed by atoms with Crippen LogP contribution in [0.2, 0.25) is 10.0 Å². The average molecular weight is 391 g/mol. The predicted molar refractivity (Wildman–Crippen MR) is 96.4 cm³/mol. The molecule has 132 valence electrons. The molecule has 9 heteroatoms. The molecule has 0 bridgehead atoms. The largest absolute Gasteiger partial charge is 0.294 e. The van der Waals surface area contributed by atoms with Crippen molar-refractivity contribution < 1.29 is 14.6 Å². The van der Waals surface area contributed by atoms with Gasteiger partial charge in [-0.05, 0) is 35.5 Å². The highest BCUT2D eigenvalue weighted by atomic mass is 35.5. The second-order valence-corrected chi connectivity index (χ2v) is 6.04. The molecule has 3 rings (SSSR count). The van der Waals surface area contributed by atoms with E-state index in [2.05, 4.69) is 15.3 Å². The number of halogens is 2. The number of aliphatic imine (C=N–C) groups is 1. The van der Waals surface area contributed by atoms with Crippen molar-refractivity contribution in [3.63, 3.8) is 0 Å². The van der Waals surface area contributed by atoms with E-state index in [9.17, 15) is 10.0 Å². The molecule has 26 heavy (non-hydrogen) atoms. The van der Waals surface area contributed by atoms with E-state index in [1.807, 2.05) is 5.48 Å². The molecule has 7 nitrogen and oxygen atoms in total. The van der Waals surface area contributed by atoms with Crippen LogP contribution in [0.5, 0.6) is 0 Å². The lowest BCUT2D eigenvalue weighted by molar-refractivity contribution is 0.0990. The van der Waals surface area contributed by atoms with E-state index >= 15 is 0 Å². The van der Waals surface area contributed by atoms with Gasteiger partial charge in [-0.3, -0.25) is 15.5 Å². The van der Waals surface area contributed by atoms with Crippen LogP contribution in [0, 0.1) is 0 Å². The molecule has 2 N–H and O–H groups in total. The van der Waals surface area contributed by atoms with Crippen molar-refractivity contribution in [3.8, 4) is 0 Å². The van der Waals surface area contributed by atoms with Crippen molar-refractivity contribution in [3.05, 3.63) is 75.5 Å². The lowest BCUT2D eigenvalue weighted by Crippen LogP contribution is -2.22. The Kier molecular flexibility index (Phi) is 5.62. The zero-order valence-corrected chi connectivity index (χ0v) is 14.7. The summed E-state index contributed by atoms with van der Waals surface area (Å²) >= 11 is 12.0. The van der Waals surface area contributed by atoms with Gasteiger partial charge in [-0.1, -0.05) is 46.6 Å². The monoisotopic (exact) mass is 390 g/mol. The molecule has 0 radical (unpaired) electrons. The van der Waals surface area contributed by atoms with Crippen molar-refractivity contribution in [2.75, 3.05) is 0 Å². The van der Waals surface area contributed by atoms with Gasteiger partial charge in [0.25, 0.3) is 0 Å². The molecule has 0 spiro atoms. The molecular formula is C17H12Cl2N4O3. The fourth-order valence-corrected chi connectivity index (χ4v) is 2.67. The summed E-state index contributed by atoms with van der Waals surface area (Å²) in [5.74, 6) is -0.303. The third kappa shape index (κ3) is 4.08. The van der Waals surface area contributed by atoms with E-state index < -0.39 is 0 Å². The fraction of sp³-hybridized carbons (Fsp3) is 0.0588. The summed E-state index contributed by atoms with van der Waals surface area (Å²) in [6, 6.07) is 13.4. The van der Waals surface area contributed by atoms with Gasteiger partial charge in [-0.2, -0.15) is 0 Å². The number of nitrogens with zero attached hydrogens (tertiary/aromatic N) is 3. The number of ketones is 1. The van der Waals surface area contributed by atoms with Crippen molar-refractivity contribution in [2.24, 2.45) is 4.99 Å². The first kappa shape index (κ1) is 18.1. The Bertz CT molecular complexity index is 972. The maximum absolute atomic E-state index is 12.5. The lowest BCUT2D eigenvalue weighted by atomic mass is 10.1. The highest BCUT2D eigenvalue weighted by Gasteiger charge is 2.21. The molecule has 0 aliphatic rings. The molecule has 0 atom stereocenters. The fourth-order valence-electron chi connectivity index (χ4n) is 2.24. The average Bonchev–Trinajstić information content (AvgIpc) is 3.08. The standard InChI is InChI=1S/C17H12Cl2N4O3/c18-10-4-3-5-11(8-10)20-17(21-25)16-14(22-26-23-16)9-15(24)12-6-1-2-7-13(12)19/h1-8,25H,9H2,(H,20,21). The third-order valence-corrected chi connectivity index (χ3v) is 4.00. The van der Waals surface area contributed by atoms with Crippen molar-refractivity contribution in [1.29, 1.82) is 0 Å². The van der Waals surface area contributed by atoms with Crippen LogP contribution < -0.4 is 5.48 Å². The molecule has 1 aromatic heterocycles. The summed E-state index contributed by atoms with van der Waals surface area (Å²) < 4.78 is 4.71. The van der Waals surface area contributed by atoms with E-state index in [1.54, 1.807) is 48.5 Å². The van der Waals surface area contributed by atoms with Crippen LogP contribution in [0.3, 0.4) is 0 Å². The van der Waals surface area contributed by atoms with E-state index in [1.165, 1.54) is 0 Å². The molecule has 0 saturated heterocycles. The Morgan fingerprint density at radius 2 is 1.96 bits per heavy atom. The minimum atomic E-state index is -0.271. The number of rotatable bonds is 5. The number of amidine groups is 1. The third-order valence-electron chi connectivity index (χ3n) is 3.44. The van der Waals surface area contributed by atoms with Crippen LogP contribution in [-0.2, 0) is 6.42 Å². The number of nitrogens with one attached hydrogen (secondary N) is 1. The summed E-state index contributed by atoms with van der Waals surface area (Å²) in [6.07, 6.45) is -0.126. The maximum Gasteiger partial charge on any atom is 0.182 e. The Hall–Kier alpha value is -2.74. The van der Waals surface area contributed by atoms with Crippen LogP contribution in [0.4, 0.5) is 5.69 Å². The summed E-state index contributed by atoms with van der Waals surface area (Å²) in [5.41, 5.74) is 3.08. The van der Waals surface area contributed by atoms with Crippen LogP contribution in [-0.4, -0.2) is 27.1 Å². The number of Topliss-reactive ketones (excluding diaryl/α,β-unsaturated/α-hetero) is 1. The van der Waals surface area contributed by atoms with Gasteiger partial charge in [-0.15, -0.1) is 0 Å². The van der Waals surface area contributed by atoms with Gasteiger partial charge in [0, 0.05) is 10.6 Å². The molecule has 0 unspecified atom stereocenters. The minimum Gasteiger partial charge on any atom is -0.294 e. The first-order valence-electron chi connectivity index (χ1n) is 7.42. The SMILES string of the molecule is O=C(Cc1nonc1C(=Nc1cccc(Cl)c1)NO)c1ccccc1Cl. The second-order valence-electron chi connectivity index (χ2n) is 5.19. The number of aromatic nitrogens is 2. The van der Waals surface area contributed by atoms with E-state index in [4.69, 9.17) is 27.8 Å². The van der Waals surface area contributed by atoms with Crippen molar-refractivity contribution in [2.45, 2.75) is 6.42 Å².